The Morgan fingerprint density at radius 1 is 0.958 bits per heavy atom. The molecule has 0 aliphatic carbocycles. The van der Waals surface area contributed by atoms with Crippen LogP contribution in [0.1, 0.15) is 15.9 Å². The molecule has 0 spiro atoms. The SMILES string of the molecule is Cc1ccc(Nc2cncc(C(=O)Nc3cccc(Cl)c3)c2)cc1. The van der Waals surface area contributed by atoms with Crippen molar-refractivity contribution in [1.82, 2.24) is 4.98 Å². The predicted molar refractivity (Wildman–Crippen MR) is 98.1 cm³/mol. The summed E-state index contributed by atoms with van der Waals surface area (Å²) in [6.07, 6.45) is 3.20. The second-order valence-electron chi connectivity index (χ2n) is 5.42. The first-order valence-electron chi connectivity index (χ1n) is 7.46. The number of hydrogen-bond acceptors (Lipinski definition) is 3. The molecule has 0 unspecified atom stereocenters. The smallest absolute Gasteiger partial charge is 0.257 e. The Labute approximate surface area is 145 Å². The van der Waals surface area contributed by atoms with Crippen molar-refractivity contribution < 1.29 is 4.79 Å². The van der Waals surface area contributed by atoms with Crippen LogP contribution in [0, 0.1) is 6.92 Å². The van der Waals surface area contributed by atoms with E-state index in [1.165, 1.54) is 11.8 Å². The van der Waals surface area contributed by atoms with Crippen LogP contribution in [0.5, 0.6) is 0 Å². The van der Waals surface area contributed by atoms with Crippen molar-refractivity contribution in [3.63, 3.8) is 0 Å². The minimum Gasteiger partial charge on any atom is -0.354 e. The summed E-state index contributed by atoms with van der Waals surface area (Å²) in [7, 11) is 0. The average molecular weight is 338 g/mol. The van der Waals surface area contributed by atoms with Crippen LogP contribution in [-0.4, -0.2) is 10.9 Å². The number of benzene rings is 2. The van der Waals surface area contributed by atoms with Gasteiger partial charge in [0.1, 0.15) is 0 Å². The molecular weight excluding hydrogens is 322 g/mol. The van der Waals surface area contributed by atoms with Gasteiger partial charge in [-0.1, -0.05) is 35.4 Å². The lowest BCUT2D eigenvalue weighted by Crippen LogP contribution is -2.12. The lowest BCUT2D eigenvalue weighted by molar-refractivity contribution is 0.102. The molecule has 1 heterocycles. The Balaban J connectivity index is 1.74. The monoisotopic (exact) mass is 337 g/mol. The van der Waals surface area contributed by atoms with Crippen LogP contribution in [0.3, 0.4) is 0 Å². The van der Waals surface area contributed by atoms with E-state index in [1.54, 1.807) is 36.5 Å². The number of rotatable bonds is 4. The fraction of sp³-hybridized carbons (Fsp3) is 0.0526. The Hall–Kier alpha value is -2.85. The summed E-state index contributed by atoms with van der Waals surface area (Å²) in [4.78, 5) is 16.5. The molecule has 1 amide bonds. The first-order chi connectivity index (χ1) is 11.6. The van der Waals surface area contributed by atoms with Crippen LogP contribution in [0.15, 0.2) is 67.0 Å². The molecule has 3 aromatic rings. The van der Waals surface area contributed by atoms with Gasteiger partial charge < -0.3 is 10.6 Å². The van der Waals surface area contributed by atoms with Gasteiger partial charge in [0.2, 0.25) is 0 Å². The highest BCUT2D eigenvalue weighted by atomic mass is 35.5. The molecule has 1 aromatic heterocycles. The summed E-state index contributed by atoms with van der Waals surface area (Å²) in [6.45, 7) is 2.03. The third-order valence-electron chi connectivity index (χ3n) is 3.42. The Morgan fingerprint density at radius 2 is 1.75 bits per heavy atom. The fourth-order valence-corrected chi connectivity index (χ4v) is 2.40. The second-order valence-corrected chi connectivity index (χ2v) is 5.85. The fourth-order valence-electron chi connectivity index (χ4n) is 2.21. The molecule has 24 heavy (non-hydrogen) atoms. The van der Waals surface area contributed by atoms with Crippen LogP contribution >= 0.6 is 11.6 Å². The Morgan fingerprint density at radius 3 is 2.50 bits per heavy atom. The maximum Gasteiger partial charge on any atom is 0.257 e. The van der Waals surface area contributed by atoms with Crippen molar-refractivity contribution in [2.24, 2.45) is 0 Å². The summed E-state index contributed by atoms with van der Waals surface area (Å²) in [5.74, 6) is -0.239. The van der Waals surface area contributed by atoms with Crippen LogP contribution in [0.2, 0.25) is 5.02 Å². The van der Waals surface area contributed by atoms with Crippen molar-refractivity contribution >= 4 is 34.6 Å². The molecule has 0 saturated heterocycles. The molecule has 120 valence electrons. The molecule has 0 bridgehead atoms. The summed E-state index contributed by atoms with van der Waals surface area (Å²) >= 11 is 5.93. The third-order valence-corrected chi connectivity index (χ3v) is 3.66. The Bertz CT molecular complexity index is 862. The number of amides is 1. The zero-order valence-corrected chi connectivity index (χ0v) is 13.8. The third kappa shape index (κ3) is 4.12. The minimum atomic E-state index is -0.239. The van der Waals surface area contributed by atoms with Crippen molar-refractivity contribution in [3.05, 3.63) is 83.1 Å². The molecule has 2 aromatic carbocycles. The van der Waals surface area contributed by atoms with Crippen molar-refractivity contribution in [1.29, 1.82) is 0 Å². The number of hydrogen-bond donors (Lipinski definition) is 2. The van der Waals surface area contributed by atoms with Gasteiger partial charge in [0.05, 0.1) is 17.4 Å². The van der Waals surface area contributed by atoms with Gasteiger partial charge in [-0.05, 0) is 43.3 Å². The van der Waals surface area contributed by atoms with Gasteiger partial charge in [-0.3, -0.25) is 9.78 Å². The molecular formula is C19H16ClN3O. The molecule has 3 rings (SSSR count). The van der Waals surface area contributed by atoms with E-state index in [-0.39, 0.29) is 5.91 Å². The summed E-state index contributed by atoms with van der Waals surface area (Å²) in [5, 5.41) is 6.61. The highest BCUT2D eigenvalue weighted by Gasteiger charge is 2.08. The standard InChI is InChI=1S/C19H16ClN3O/c1-13-5-7-16(8-6-13)22-18-9-14(11-21-12-18)19(24)23-17-4-2-3-15(20)10-17/h2-12,22H,1H3,(H,23,24). The first-order valence-corrected chi connectivity index (χ1v) is 7.83. The van der Waals surface area contributed by atoms with Gasteiger partial charge in [0.25, 0.3) is 5.91 Å². The predicted octanol–water partition coefficient (Wildman–Crippen LogP) is 5.04. The average Bonchev–Trinajstić information content (AvgIpc) is 2.57. The zero-order chi connectivity index (χ0) is 16.9. The highest BCUT2D eigenvalue weighted by Crippen LogP contribution is 2.19. The lowest BCUT2D eigenvalue weighted by Gasteiger charge is -2.09. The van der Waals surface area contributed by atoms with Gasteiger partial charge in [0.15, 0.2) is 0 Å². The van der Waals surface area contributed by atoms with E-state index in [1.807, 2.05) is 31.2 Å². The molecule has 0 aliphatic heterocycles. The van der Waals surface area contributed by atoms with E-state index in [4.69, 9.17) is 11.6 Å². The van der Waals surface area contributed by atoms with E-state index in [0.717, 1.165) is 11.4 Å². The summed E-state index contributed by atoms with van der Waals surface area (Å²) in [5.41, 5.74) is 3.98. The molecule has 4 nitrogen and oxygen atoms in total. The van der Waals surface area contributed by atoms with Gasteiger partial charge in [-0.15, -0.1) is 0 Å². The van der Waals surface area contributed by atoms with Crippen LogP contribution in [0.25, 0.3) is 0 Å². The number of aryl methyl sites for hydroxylation is 1. The summed E-state index contributed by atoms with van der Waals surface area (Å²) < 4.78 is 0. The van der Waals surface area contributed by atoms with Crippen molar-refractivity contribution in [2.45, 2.75) is 6.92 Å². The number of carbonyl (C=O) groups is 1. The number of aromatic nitrogens is 1. The van der Waals surface area contributed by atoms with Gasteiger partial charge in [-0.2, -0.15) is 0 Å². The number of halogens is 1. The lowest BCUT2D eigenvalue weighted by atomic mass is 10.2. The zero-order valence-electron chi connectivity index (χ0n) is 13.1. The molecule has 2 N–H and O–H groups in total. The van der Waals surface area contributed by atoms with E-state index < -0.39 is 0 Å². The normalized spacial score (nSPS) is 10.2. The molecule has 0 saturated carbocycles. The van der Waals surface area contributed by atoms with Crippen LogP contribution in [0.4, 0.5) is 17.1 Å². The van der Waals surface area contributed by atoms with Gasteiger partial charge >= 0.3 is 0 Å². The number of anilines is 3. The maximum atomic E-state index is 12.4. The second kappa shape index (κ2) is 7.15. The summed E-state index contributed by atoms with van der Waals surface area (Å²) in [6, 6.07) is 16.8. The molecule has 0 radical (unpaired) electrons. The number of nitrogens with zero attached hydrogens (tertiary/aromatic N) is 1. The molecule has 5 heteroatoms. The van der Waals surface area contributed by atoms with Crippen LogP contribution in [-0.2, 0) is 0 Å². The van der Waals surface area contributed by atoms with Crippen molar-refractivity contribution in [3.8, 4) is 0 Å². The number of carbonyl (C=O) groups excluding carboxylic acids is 1. The topological polar surface area (TPSA) is 54.0 Å². The maximum absolute atomic E-state index is 12.4. The van der Waals surface area contributed by atoms with E-state index in [0.29, 0.717) is 16.3 Å². The quantitative estimate of drug-likeness (QED) is 0.701. The van der Waals surface area contributed by atoms with Gasteiger partial charge in [0, 0.05) is 22.6 Å². The minimum absolute atomic E-state index is 0.239. The van der Waals surface area contributed by atoms with Crippen molar-refractivity contribution in [2.75, 3.05) is 10.6 Å². The van der Waals surface area contributed by atoms with Crippen LogP contribution < -0.4 is 10.6 Å². The largest absolute Gasteiger partial charge is 0.354 e. The van der Waals surface area contributed by atoms with E-state index >= 15 is 0 Å². The molecule has 0 atom stereocenters. The van der Waals surface area contributed by atoms with Gasteiger partial charge in [-0.25, -0.2) is 0 Å². The molecule has 0 fully saturated rings. The highest BCUT2D eigenvalue weighted by molar-refractivity contribution is 6.30. The Kier molecular flexibility index (Phi) is 4.77. The van der Waals surface area contributed by atoms with E-state index in [2.05, 4.69) is 15.6 Å². The number of nitrogens with one attached hydrogen (secondary N) is 2. The van der Waals surface area contributed by atoms with E-state index in [9.17, 15) is 4.79 Å². The first kappa shape index (κ1) is 16.0. The molecule has 0 aliphatic rings. The number of pyridine rings is 1.